The van der Waals surface area contributed by atoms with Gasteiger partial charge >= 0.3 is 5.97 Å². The molecule has 1 heterocycles. The van der Waals surface area contributed by atoms with E-state index in [0.29, 0.717) is 43.7 Å². The zero-order chi connectivity index (χ0) is 21.0. The number of carboxylic acid groups (broad SMARTS) is 1. The number of rotatable bonds is 8. The van der Waals surface area contributed by atoms with E-state index in [-0.39, 0.29) is 24.7 Å². The van der Waals surface area contributed by atoms with Crippen molar-refractivity contribution in [1.82, 2.24) is 0 Å². The Morgan fingerprint density at radius 1 is 1.20 bits per heavy atom. The van der Waals surface area contributed by atoms with Crippen LogP contribution in [0.2, 0.25) is 0 Å². The number of benzene rings is 2. The number of carbonyl (C=O) groups excluding carboxylic acids is 1. The molecule has 0 aliphatic carbocycles. The molecule has 1 aliphatic rings. The molecule has 0 fully saturated rings. The van der Waals surface area contributed by atoms with Gasteiger partial charge in [0.25, 0.3) is 0 Å². The number of aryl methyl sites for hydroxylation is 1. The Morgan fingerprint density at radius 2 is 1.97 bits per heavy atom. The van der Waals surface area contributed by atoms with E-state index in [1.54, 1.807) is 17.0 Å². The van der Waals surface area contributed by atoms with Crippen LogP contribution in [0.3, 0.4) is 0 Å². The van der Waals surface area contributed by atoms with Gasteiger partial charge < -0.3 is 20.5 Å². The van der Waals surface area contributed by atoms with Crippen molar-refractivity contribution in [1.29, 1.82) is 0 Å². The third kappa shape index (κ3) is 5.67. The lowest BCUT2D eigenvalue weighted by Crippen LogP contribution is -2.38. The second-order valence-corrected chi connectivity index (χ2v) is 6.92. The van der Waals surface area contributed by atoms with Gasteiger partial charge in [0.1, 0.15) is 23.4 Å². The first-order valence-corrected chi connectivity index (χ1v) is 9.33. The van der Waals surface area contributed by atoms with Gasteiger partial charge in [-0.2, -0.15) is 0 Å². The second-order valence-electron chi connectivity index (χ2n) is 6.92. The predicted octanol–water partition coefficient (Wildman–Crippen LogP) is 3.09. The molecule has 30 heavy (non-hydrogen) atoms. The van der Waals surface area contributed by atoms with Crippen molar-refractivity contribution in [2.24, 2.45) is 5.73 Å². The van der Waals surface area contributed by atoms with Crippen molar-refractivity contribution in [3.63, 3.8) is 0 Å². The van der Waals surface area contributed by atoms with Crippen LogP contribution in [-0.2, 0) is 22.4 Å². The van der Waals surface area contributed by atoms with Gasteiger partial charge in [-0.1, -0.05) is 6.07 Å². The lowest BCUT2D eigenvalue weighted by Gasteiger charge is -2.18. The smallest absolute Gasteiger partial charge is 0.321 e. The average Bonchev–Trinajstić information content (AvgIpc) is 3.09. The van der Waals surface area contributed by atoms with Crippen molar-refractivity contribution in [3.05, 3.63) is 59.2 Å². The number of fused-ring (bicyclic) bond motifs is 1. The summed E-state index contributed by atoms with van der Waals surface area (Å²) in [4.78, 5) is 24.7. The van der Waals surface area contributed by atoms with Gasteiger partial charge in [-0.3, -0.25) is 9.59 Å². The summed E-state index contributed by atoms with van der Waals surface area (Å²) in [5, 5.41) is 8.86. The molecule has 0 saturated heterocycles. The predicted molar refractivity (Wildman–Crippen MR) is 110 cm³/mol. The largest absolute Gasteiger partial charge is 0.494 e. The number of carbonyl (C=O) groups is 2. The first kappa shape index (κ1) is 23.6. The van der Waals surface area contributed by atoms with Crippen molar-refractivity contribution in [2.45, 2.75) is 31.7 Å². The Morgan fingerprint density at radius 3 is 2.67 bits per heavy atom. The highest BCUT2D eigenvalue weighted by atomic mass is 35.5. The summed E-state index contributed by atoms with van der Waals surface area (Å²) in [7, 11) is 0. The number of halogens is 3. The molecule has 1 unspecified atom stereocenters. The summed E-state index contributed by atoms with van der Waals surface area (Å²) in [5.74, 6) is -2.05. The van der Waals surface area contributed by atoms with Crippen molar-refractivity contribution >= 4 is 30.0 Å². The molecular weight excluding hydrogens is 418 g/mol. The monoisotopic (exact) mass is 440 g/mol. The first-order chi connectivity index (χ1) is 13.8. The van der Waals surface area contributed by atoms with Gasteiger partial charge in [-0.25, -0.2) is 8.78 Å². The molecule has 3 rings (SSSR count). The highest BCUT2D eigenvalue weighted by Crippen LogP contribution is 2.32. The van der Waals surface area contributed by atoms with Gasteiger partial charge in [0, 0.05) is 18.3 Å². The van der Waals surface area contributed by atoms with E-state index < -0.39 is 23.6 Å². The lowest BCUT2D eigenvalue weighted by molar-refractivity contribution is -0.140. The number of carboxylic acids is 1. The molecule has 0 bridgehead atoms. The third-order valence-corrected chi connectivity index (χ3v) is 4.83. The average molecular weight is 441 g/mol. The number of hydrogen-bond acceptors (Lipinski definition) is 4. The second kappa shape index (κ2) is 10.4. The number of aliphatic carboxylic acids is 1. The van der Waals surface area contributed by atoms with Crippen LogP contribution in [0.5, 0.6) is 5.75 Å². The Balaban J connectivity index is 0.00000320. The van der Waals surface area contributed by atoms with Crippen molar-refractivity contribution < 1.29 is 28.2 Å². The molecule has 0 radical (unpaired) electrons. The van der Waals surface area contributed by atoms with Crippen LogP contribution in [-0.4, -0.2) is 36.2 Å². The fourth-order valence-electron chi connectivity index (χ4n) is 3.29. The van der Waals surface area contributed by atoms with E-state index in [1.807, 2.05) is 6.07 Å². The molecule has 9 heteroatoms. The third-order valence-electron chi connectivity index (χ3n) is 4.83. The molecule has 0 saturated carbocycles. The number of nitrogens with zero attached hydrogens (tertiary/aromatic N) is 1. The maximum atomic E-state index is 13.6. The van der Waals surface area contributed by atoms with E-state index in [1.165, 1.54) is 12.1 Å². The number of amides is 1. The van der Waals surface area contributed by atoms with Gasteiger partial charge in [-0.05, 0) is 54.7 Å². The molecule has 6 nitrogen and oxygen atoms in total. The number of anilines is 1. The minimum Gasteiger partial charge on any atom is -0.494 e. The van der Waals surface area contributed by atoms with Crippen LogP contribution >= 0.6 is 12.4 Å². The van der Waals surface area contributed by atoms with E-state index >= 15 is 0 Å². The Bertz CT molecular complexity index is 926. The Kier molecular flexibility index (Phi) is 8.14. The first-order valence-electron chi connectivity index (χ1n) is 9.33. The highest BCUT2D eigenvalue weighted by Gasteiger charge is 2.27. The summed E-state index contributed by atoms with van der Waals surface area (Å²) in [6.07, 6.45) is 1.38. The van der Waals surface area contributed by atoms with E-state index in [2.05, 4.69) is 0 Å². The minimum absolute atomic E-state index is 0. The summed E-state index contributed by atoms with van der Waals surface area (Å²) < 4.78 is 32.3. The Hall–Kier alpha value is -2.71. The number of hydrogen-bond donors (Lipinski definition) is 2. The van der Waals surface area contributed by atoms with Gasteiger partial charge in [0.15, 0.2) is 0 Å². The normalized spacial score (nSPS) is 13.4. The molecule has 0 spiro atoms. The van der Waals surface area contributed by atoms with Crippen LogP contribution in [0.25, 0.3) is 0 Å². The molecule has 3 N–H and O–H groups in total. The molecule has 2 aromatic rings. The summed E-state index contributed by atoms with van der Waals surface area (Å²) in [5.41, 5.74) is 7.55. The summed E-state index contributed by atoms with van der Waals surface area (Å²) >= 11 is 0. The van der Waals surface area contributed by atoms with Crippen LogP contribution in [0.1, 0.15) is 24.0 Å². The summed E-state index contributed by atoms with van der Waals surface area (Å²) in [6, 6.07) is 7.66. The van der Waals surface area contributed by atoms with Crippen LogP contribution in [0.15, 0.2) is 36.4 Å². The molecule has 2 aromatic carbocycles. The Labute approximate surface area is 179 Å². The molecular formula is C21H23ClF2N2O4. The maximum absolute atomic E-state index is 13.6. The zero-order valence-corrected chi connectivity index (χ0v) is 17.0. The van der Waals surface area contributed by atoms with E-state index in [4.69, 9.17) is 15.6 Å². The lowest BCUT2D eigenvalue weighted by atomic mass is 10.1. The van der Waals surface area contributed by atoms with Crippen molar-refractivity contribution in [2.75, 3.05) is 18.1 Å². The zero-order valence-electron chi connectivity index (χ0n) is 16.1. The van der Waals surface area contributed by atoms with Crippen LogP contribution in [0, 0.1) is 11.6 Å². The van der Waals surface area contributed by atoms with Gasteiger partial charge in [0.2, 0.25) is 5.91 Å². The summed E-state index contributed by atoms with van der Waals surface area (Å²) in [6.45, 7) is 0.833. The van der Waals surface area contributed by atoms with Gasteiger partial charge in [0.05, 0.1) is 13.0 Å². The topological polar surface area (TPSA) is 92.9 Å². The number of ether oxygens (including phenoxy) is 1. The fourth-order valence-corrected chi connectivity index (χ4v) is 3.29. The van der Waals surface area contributed by atoms with Crippen molar-refractivity contribution in [3.8, 4) is 5.75 Å². The SMILES string of the molecule is Cl.NC(CC(=O)N1CCc2cc(OCCCc3ccc(F)cc3F)ccc21)C(=O)O. The quantitative estimate of drug-likeness (QED) is 0.615. The maximum Gasteiger partial charge on any atom is 0.321 e. The standard InChI is InChI=1S/C21H22F2N2O4.ClH/c22-15-4-3-13(17(23)11-15)2-1-9-29-16-5-6-19-14(10-16)7-8-25(19)20(26)12-18(24)21(27)28;/h3-6,10-11,18H,1-2,7-9,12,24H2,(H,27,28);1H. The molecule has 1 aliphatic heterocycles. The fraction of sp³-hybridized carbons (Fsp3) is 0.333. The van der Waals surface area contributed by atoms with E-state index in [9.17, 15) is 18.4 Å². The molecule has 1 atom stereocenters. The number of nitrogens with two attached hydrogens (primary N) is 1. The van der Waals surface area contributed by atoms with Crippen LogP contribution in [0.4, 0.5) is 14.5 Å². The minimum atomic E-state index is -1.22. The van der Waals surface area contributed by atoms with E-state index in [0.717, 1.165) is 17.3 Å². The molecule has 0 aromatic heterocycles. The van der Waals surface area contributed by atoms with Crippen LogP contribution < -0.4 is 15.4 Å². The molecule has 1 amide bonds. The molecule has 162 valence electrons. The van der Waals surface area contributed by atoms with Gasteiger partial charge in [-0.15, -0.1) is 12.4 Å². The highest BCUT2D eigenvalue weighted by molar-refractivity contribution is 5.97.